The minimum Gasteiger partial charge on any atom is -0.381 e. The van der Waals surface area contributed by atoms with Crippen LogP contribution in [0.2, 0.25) is 0 Å². The van der Waals surface area contributed by atoms with Crippen molar-refractivity contribution >= 4 is 0 Å². The number of nitrogens with zero attached hydrogens (tertiary/aromatic N) is 2. The van der Waals surface area contributed by atoms with E-state index in [1.54, 1.807) is 0 Å². The third-order valence-corrected chi connectivity index (χ3v) is 3.74. The maximum Gasteiger partial charge on any atom is 0.0510 e. The molecule has 0 spiro atoms. The molecule has 2 N–H and O–H groups in total. The molecule has 0 bridgehead atoms. The first-order chi connectivity index (χ1) is 8.10. The van der Waals surface area contributed by atoms with Gasteiger partial charge in [0.2, 0.25) is 0 Å². The van der Waals surface area contributed by atoms with Gasteiger partial charge in [-0.2, -0.15) is 0 Å². The third-order valence-electron chi connectivity index (χ3n) is 3.74. The molecule has 1 aliphatic rings. The van der Waals surface area contributed by atoms with Crippen LogP contribution >= 0.6 is 0 Å². The van der Waals surface area contributed by atoms with E-state index in [1.165, 1.54) is 0 Å². The summed E-state index contributed by atoms with van der Waals surface area (Å²) in [6.07, 6.45) is 1.16. The lowest BCUT2D eigenvalue weighted by Gasteiger charge is -2.39. The van der Waals surface area contributed by atoms with E-state index in [0.717, 1.165) is 39.3 Å². The van der Waals surface area contributed by atoms with Crippen LogP contribution in [0.15, 0.2) is 0 Å². The van der Waals surface area contributed by atoms with Crippen LogP contribution in [-0.4, -0.2) is 68.8 Å². The van der Waals surface area contributed by atoms with Crippen molar-refractivity contribution in [3.05, 3.63) is 0 Å². The standard InChI is InChI=1S/C13H29N3O/c1-5-16(11(2)9-15(3)4)13(8-14)12-6-7-17-10-12/h11-13H,5-10,14H2,1-4H3. The monoisotopic (exact) mass is 243 g/mol. The Hall–Kier alpha value is -0.160. The van der Waals surface area contributed by atoms with Crippen molar-refractivity contribution in [1.29, 1.82) is 0 Å². The first-order valence-corrected chi connectivity index (χ1v) is 6.78. The van der Waals surface area contributed by atoms with Crippen molar-refractivity contribution in [3.8, 4) is 0 Å². The molecule has 3 atom stereocenters. The highest BCUT2D eigenvalue weighted by molar-refractivity contribution is 4.85. The Bertz CT molecular complexity index is 205. The fourth-order valence-corrected chi connectivity index (χ4v) is 2.96. The molecule has 4 nitrogen and oxygen atoms in total. The maximum absolute atomic E-state index is 5.99. The molecule has 0 aromatic carbocycles. The lowest BCUT2D eigenvalue weighted by molar-refractivity contribution is 0.0836. The molecule has 0 aromatic heterocycles. The molecular weight excluding hydrogens is 214 g/mol. The van der Waals surface area contributed by atoms with Crippen molar-refractivity contribution in [1.82, 2.24) is 9.80 Å². The molecule has 0 radical (unpaired) electrons. The molecule has 102 valence electrons. The Kier molecular flexibility index (Phi) is 6.41. The topological polar surface area (TPSA) is 41.7 Å². The second-order valence-corrected chi connectivity index (χ2v) is 5.37. The summed E-state index contributed by atoms with van der Waals surface area (Å²) in [5, 5.41) is 0. The summed E-state index contributed by atoms with van der Waals surface area (Å²) in [4.78, 5) is 4.78. The molecule has 0 aromatic rings. The van der Waals surface area contributed by atoms with Crippen molar-refractivity contribution in [2.75, 3.05) is 46.9 Å². The molecule has 3 unspecified atom stereocenters. The molecule has 0 saturated carbocycles. The number of rotatable bonds is 7. The molecule has 1 aliphatic heterocycles. The largest absolute Gasteiger partial charge is 0.381 e. The fraction of sp³-hybridized carbons (Fsp3) is 1.00. The number of hydrogen-bond donors (Lipinski definition) is 1. The van der Waals surface area contributed by atoms with Gasteiger partial charge >= 0.3 is 0 Å². The van der Waals surface area contributed by atoms with Gasteiger partial charge in [0.25, 0.3) is 0 Å². The summed E-state index contributed by atoms with van der Waals surface area (Å²) in [5.74, 6) is 0.615. The molecule has 4 heteroatoms. The minimum absolute atomic E-state index is 0.470. The van der Waals surface area contributed by atoms with Gasteiger partial charge in [-0.05, 0) is 34.0 Å². The van der Waals surface area contributed by atoms with Gasteiger partial charge in [-0.25, -0.2) is 0 Å². The Balaban J connectivity index is 2.61. The van der Waals surface area contributed by atoms with E-state index in [9.17, 15) is 0 Å². The van der Waals surface area contributed by atoms with Crippen molar-refractivity contribution in [2.24, 2.45) is 11.7 Å². The van der Waals surface area contributed by atoms with E-state index in [4.69, 9.17) is 10.5 Å². The molecule has 1 heterocycles. The van der Waals surface area contributed by atoms with E-state index in [0.29, 0.717) is 18.0 Å². The van der Waals surface area contributed by atoms with Crippen LogP contribution in [-0.2, 0) is 4.74 Å². The zero-order valence-electron chi connectivity index (χ0n) is 11.9. The smallest absolute Gasteiger partial charge is 0.0510 e. The summed E-state index contributed by atoms with van der Waals surface area (Å²) in [6, 6.07) is 1.02. The van der Waals surface area contributed by atoms with Crippen LogP contribution in [0.5, 0.6) is 0 Å². The predicted molar refractivity (Wildman–Crippen MR) is 72.2 cm³/mol. The highest BCUT2D eigenvalue weighted by atomic mass is 16.5. The number of likely N-dealkylation sites (N-methyl/N-ethyl adjacent to an activating group) is 2. The van der Waals surface area contributed by atoms with Gasteiger partial charge in [-0.15, -0.1) is 0 Å². The van der Waals surface area contributed by atoms with Gasteiger partial charge in [0.1, 0.15) is 0 Å². The average molecular weight is 243 g/mol. The Morgan fingerprint density at radius 1 is 1.41 bits per heavy atom. The SMILES string of the molecule is CCN(C(C)CN(C)C)C(CN)C1CCOC1. The van der Waals surface area contributed by atoms with Crippen LogP contribution in [0.25, 0.3) is 0 Å². The molecular formula is C13H29N3O. The van der Waals surface area contributed by atoms with E-state index < -0.39 is 0 Å². The number of hydrogen-bond acceptors (Lipinski definition) is 4. The predicted octanol–water partition coefficient (Wildman–Crippen LogP) is 0.622. The summed E-state index contributed by atoms with van der Waals surface area (Å²) < 4.78 is 5.50. The summed E-state index contributed by atoms with van der Waals surface area (Å²) >= 11 is 0. The maximum atomic E-state index is 5.99. The zero-order valence-corrected chi connectivity index (χ0v) is 11.9. The second kappa shape index (κ2) is 7.31. The van der Waals surface area contributed by atoms with Crippen LogP contribution in [0.1, 0.15) is 20.3 Å². The van der Waals surface area contributed by atoms with Gasteiger partial charge in [-0.3, -0.25) is 4.90 Å². The quantitative estimate of drug-likeness (QED) is 0.712. The Morgan fingerprint density at radius 3 is 2.53 bits per heavy atom. The lowest BCUT2D eigenvalue weighted by Crippen LogP contribution is -2.52. The first kappa shape index (κ1) is 14.9. The van der Waals surface area contributed by atoms with E-state index in [2.05, 4.69) is 37.7 Å². The first-order valence-electron chi connectivity index (χ1n) is 6.78. The van der Waals surface area contributed by atoms with Crippen LogP contribution in [0, 0.1) is 5.92 Å². The normalized spacial score (nSPS) is 24.5. The molecule has 17 heavy (non-hydrogen) atoms. The van der Waals surface area contributed by atoms with Crippen molar-refractivity contribution in [3.63, 3.8) is 0 Å². The van der Waals surface area contributed by atoms with E-state index in [1.807, 2.05) is 0 Å². The number of nitrogens with two attached hydrogens (primary N) is 1. The van der Waals surface area contributed by atoms with Gasteiger partial charge < -0.3 is 15.4 Å². The van der Waals surface area contributed by atoms with Crippen molar-refractivity contribution in [2.45, 2.75) is 32.4 Å². The van der Waals surface area contributed by atoms with Gasteiger partial charge in [0.15, 0.2) is 0 Å². The molecule has 1 rings (SSSR count). The number of ether oxygens (including phenoxy) is 1. The third kappa shape index (κ3) is 4.21. The van der Waals surface area contributed by atoms with Crippen LogP contribution in [0.3, 0.4) is 0 Å². The second-order valence-electron chi connectivity index (χ2n) is 5.37. The van der Waals surface area contributed by atoms with Gasteiger partial charge in [-0.1, -0.05) is 6.92 Å². The summed E-state index contributed by atoms with van der Waals surface area (Å²) in [5.41, 5.74) is 5.99. The van der Waals surface area contributed by atoms with Gasteiger partial charge in [0.05, 0.1) is 6.61 Å². The molecule has 0 aliphatic carbocycles. The van der Waals surface area contributed by atoms with E-state index in [-0.39, 0.29) is 0 Å². The minimum atomic E-state index is 0.470. The lowest BCUT2D eigenvalue weighted by atomic mass is 9.96. The van der Waals surface area contributed by atoms with Crippen molar-refractivity contribution < 1.29 is 4.74 Å². The summed E-state index contributed by atoms with van der Waals surface area (Å²) in [6.45, 7) is 9.19. The molecule has 0 amide bonds. The highest BCUT2D eigenvalue weighted by Crippen LogP contribution is 2.22. The van der Waals surface area contributed by atoms with Crippen LogP contribution < -0.4 is 5.73 Å². The van der Waals surface area contributed by atoms with Crippen LogP contribution in [0.4, 0.5) is 0 Å². The Labute approximate surface area is 106 Å². The summed E-state index contributed by atoms with van der Waals surface area (Å²) in [7, 11) is 4.25. The Morgan fingerprint density at radius 2 is 2.12 bits per heavy atom. The highest BCUT2D eigenvalue weighted by Gasteiger charge is 2.31. The average Bonchev–Trinajstić information content (AvgIpc) is 2.77. The fourth-order valence-electron chi connectivity index (χ4n) is 2.96. The van der Waals surface area contributed by atoms with Gasteiger partial charge in [0, 0.05) is 37.7 Å². The molecule has 1 saturated heterocycles. The van der Waals surface area contributed by atoms with E-state index >= 15 is 0 Å². The zero-order chi connectivity index (χ0) is 12.8. The molecule has 1 fully saturated rings.